The van der Waals surface area contributed by atoms with Crippen molar-refractivity contribution in [1.29, 1.82) is 0 Å². The molecule has 0 aliphatic heterocycles. The van der Waals surface area contributed by atoms with Gasteiger partial charge in [-0.2, -0.15) is 0 Å². The summed E-state index contributed by atoms with van der Waals surface area (Å²) in [4.78, 5) is 3.99. The average molecular weight is 289 g/mol. The molecule has 0 bridgehead atoms. The molecule has 1 heterocycles. The highest BCUT2D eigenvalue weighted by molar-refractivity contribution is 7.90. The van der Waals surface area contributed by atoms with E-state index in [4.69, 9.17) is 0 Å². The molecule has 0 amide bonds. The normalized spacial score (nSPS) is 29.3. The molecule has 1 N–H and O–H groups in total. The van der Waals surface area contributed by atoms with Crippen molar-refractivity contribution in [1.82, 2.24) is 4.98 Å². The number of nitrogens with zero attached hydrogens (tertiary/aromatic N) is 1. The second-order valence-corrected chi connectivity index (χ2v) is 8.41. The van der Waals surface area contributed by atoms with Crippen molar-refractivity contribution in [2.75, 3.05) is 5.75 Å². The molecule has 2 rings (SSSR count). The van der Waals surface area contributed by atoms with E-state index in [1.54, 1.807) is 11.6 Å². The first-order chi connectivity index (χ1) is 8.39. The average Bonchev–Trinajstić information content (AvgIpc) is 2.74. The Morgan fingerprint density at radius 2 is 2.17 bits per heavy atom. The Labute approximate surface area is 112 Å². The van der Waals surface area contributed by atoms with Crippen LogP contribution in [0.15, 0.2) is 11.6 Å². The molecule has 1 aromatic heterocycles. The van der Waals surface area contributed by atoms with Gasteiger partial charge in [-0.1, -0.05) is 6.92 Å². The Bertz CT molecular complexity index is 473. The largest absolute Gasteiger partial charge is 0.389 e. The molecular weight excluding hydrogens is 270 g/mol. The summed E-state index contributed by atoms with van der Waals surface area (Å²) in [6.45, 7) is 2.14. The fourth-order valence-corrected chi connectivity index (χ4v) is 5.29. The second kappa shape index (κ2) is 5.27. The van der Waals surface area contributed by atoms with Gasteiger partial charge in [0.15, 0.2) is 9.84 Å². The van der Waals surface area contributed by atoms with Gasteiger partial charge < -0.3 is 5.11 Å². The standard InChI is InChI=1S/C12H19NO3S2/c1-10-2-4-12(14,5-3-10)9-18(15,16)8-11-13-6-7-17-11/h6-7,10,14H,2-5,8-9H2,1H3. The lowest BCUT2D eigenvalue weighted by molar-refractivity contribution is 0.0135. The van der Waals surface area contributed by atoms with Crippen molar-refractivity contribution in [3.8, 4) is 0 Å². The summed E-state index contributed by atoms with van der Waals surface area (Å²) in [6.07, 6.45) is 4.59. The molecule has 0 unspecified atom stereocenters. The van der Waals surface area contributed by atoms with Crippen LogP contribution < -0.4 is 0 Å². The van der Waals surface area contributed by atoms with Crippen LogP contribution >= 0.6 is 11.3 Å². The van der Waals surface area contributed by atoms with Crippen LogP contribution in [0.2, 0.25) is 0 Å². The Morgan fingerprint density at radius 3 is 2.72 bits per heavy atom. The Morgan fingerprint density at radius 1 is 1.50 bits per heavy atom. The zero-order valence-corrected chi connectivity index (χ0v) is 12.1. The maximum Gasteiger partial charge on any atom is 0.159 e. The van der Waals surface area contributed by atoms with E-state index in [1.807, 2.05) is 0 Å². The third-order valence-corrected chi connectivity index (χ3v) is 6.17. The first-order valence-electron chi connectivity index (χ1n) is 6.20. The highest BCUT2D eigenvalue weighted by Crippen LogP contribution is 2.33. The van der Waals surface area contributed by atoms with Crippen molar-refractivity contribution in [2.45, 2.75) is 44.0 Å². The van der Waals surface area contributed by atoms with E-state index in [0.717, 1.165) is 12.8 Å². The Kier molecular flexibility index (Phi) is 4.08. The zero-order chi connectivity index (χ0) is 13.2. The lowest BCUT2D eigenvalue weighted by Crippen LogP contribution is -2.40. The number of thiazole rings is 1. The van der Waals surface area contributed by atoms with Crippen molar-refractivity contribution in [3.63, 3.8) is 0 Å². The van der Waals surface area contributed by atoms with Gasteiger partial charge in [0.1, 0.15) is 10.8 Å². The summed E-state index contributed by atoms with van der Waals surface area (Å²) in [6, 6.07) is 0. The zero-order valence-electron chi connectivity index (χ0n) is 10.5. The van der Waals surface area contributed by atoms with Crippen LogP contribution in [-0.2, 0) is 15.6 Å². The minimum absolute atomic E-state index is 0.0530. The summed E-state index contributed by atoms with van der Waals surface area (Å²) < 4.78 is 24.1. The van der Waals surface area contributed by atoms with Crippen LogP contribution in [0.5, 0.6) is 0 Å². The summed E-state index contributed by atoms with van der Waals surface area (Å²) in [5.41, 5.74) is -1.03. The lowest BCUT2D eigenvalue weighted by Gasteiger charge is -2.34. The van der Waals surface area contributed by atoms with Gasteiger partial charge in [-0.15, -0.1) is 11.3 Å². The smallest absolute Gasteiger partial charge is 0.159 e. The molecular formula is C12H19NO3S2. The van der Waals surface area contributed by atoms with Crippen molar-refractivity contribution >= 4 is 21.2 Å². The summed E-state index contributed by atoms with van der Waals surface area (Å²) in [5.74, 6) is 0.404. The van der Waals surface area contributed by atoms with Gasteiger partial charge in [0, 0.05) is 11.6 Å². The summed E-state index contributed by atoms with van der Waals surface area (Å²) >= 11 is 1.34. The molecule has 1 aliphatic rings. The summed E-state index contributed by atoms with van der Waals surface area (Å²) in [7, 11) is -3.28. The van der Waals surface area contributed by atoms with Gasteiger partial charge in [0.05, 0.1) is 11.4 Å². The van der Waals surface area contributed by atoms with Crippen LogP contribution in [0.1, 0.15) is 37.6 Å². The van der Waals surface area contributed by atoms with Crippen LogP contribution in [0.3, 0.4) is 0 Å². The van der Waals surface area contributed by atoms with E-state index >= 15 is 0 Å². The van der Waals surface area contributed by atoms with E-state index in [9.17, 15) is 13.5 Å². The lowest BCUT2D eigenvalue weighted by atomic mass is 9.81. The third-order valence-electron chi connectivity index (χ3n) is 3.52. The maximum absolute atomic E-state index is 12.1. The van der Waals surface area contributed by atoms with Crippen LogP contribution in [0, 0.1) is 5.92 Å². The predicted molar refractivity (Wildman–Crippen MR) is 72.2 cm³/mol. The first-order valence-corrected chi connectivity index (χ1v) is 8.90. The molecule has 18 heavy (non-hydrogen) atoms. The van der Waals surface area contributed by atoms with Crippen LogP contribution in [0.4, 0.5) is 0 Å². The van der Waals surface area contributed by atoms with Gasteiger partial charge in [0.25, 0.3) is 0 Å². The van der Waals surface area contributed by atoms with Crippen LogP contribution in [-0.4, -0.2) is 29.9 Å². The van der Waals surface area contributed by atoms with Gasteiger partial charge in [0.2, 0.25) is 0 Å². The number of hydrogen-bond donors (Lipinski definition) is 1. The molecule has 6 heteroatoms. The monoisotopic (exact) mass is 289 g/mol. The molecule has 0 saturated heterocycles. The van der Waals surface area contributed by atoms with Crippen LogP contribution in [0.25, 0.3) is 0 Å². The molecule has 102 valence electrons. The Balaban J connectivity index is 1.99. The third kappa shape index (κ3) is 3.76. The quantitative estimate of drug-likeness (QED) is 0.920. The first kappa shape index (κ1) is 14.0. The molecule has 1 aliphatic carbocycles. The molecule has 0 radical (unpaired) electrons. The minimum Gasteiger partial charge on any atom is -0.389 e. The number of aromatic nitrogens is 1. The van der Waals surface area contributed by atoms with Gasteiger partial charge in [-0.3, -0.25) is 0 Å². The fourth-order valence-electron chi connectivity index (χ4n) is 2.42. The second-order valence-electron chi connectivity index (χ2n) is 5.36. The van der Waals surface area contributed by atoms with E-state index in [2.05, 4.69) is 11.9 Å². The highest BCUT2D eigenvalue weighted by Gasteiger charge is 2.36. The maximum atomic E-state index is 12.1. The van der Waals surface area contributed by atoms with Crippen molar-refractivity contribution in [2.24, 2.45) is 5.92 Å². The van der Waals surface area contributed by atoms with Crippen molar-refractivity contribution in [3.05, 3.63) is 16.6 Å². The molecule has 1 fully saturated rings. The van der Waals surface area contributed by atoms with E-state index in [0.29, 0.717) is 23.8 Å². The fraction of sp³-hybridized carbons (Fsp3) is 0.750. The number of aliphatic hydroxyl groups is 1. The molecule has 4 nitrogen and oxygen atoms in total. The Hall–Kier alpha value is -0.460. The molecule has 0 atom stereocenters. The molecule has 1 aromatic rings. The molecule has 0 spiro atoms. The minimum atomic E-state index is -3.28. The SMILES string of the molecule is CC1CCC(O)(CS(=O)(=O)Cc2nccs2)CC1. The highest BCUT2D eigenvalue weighted by atomic mass is 32.2. The molecule has 0 aromatic carbocycles. The van der Waals surface area contributed by atoms with Crippen molar-refractivity contribution < 1.29 is 13.5 Å². The molecule has 1 saturated carbocycles. The number of rotatable bonds is 4. The summed E-state index contributed by atoms with van der Waals surface area (Å²) in [5, 5.41) is 12.7. The number of hydrogen-bond acceptors (Lipinski definition) is 5. The number of sulfone groups is 1. The van der Waals surface area contributed by atoms with Gasteiger partial charge >= 0.3 is 0 Å². The van der Waals surface area contributed by atoms with Gasteiger partial charge in [-0.05, 0) is 31.6 Å². The van der Waals surface area contributed by atoms with E-state index < -0.39 is 15.4 Å². The topological polar surface area (TPSA) is 67.3 Å². The van der Waals surface area contributed by atoms with E-state index in [-0.39, 0.29) is 11.5 Å². The van der Waals surface area contributed by atoms with Gasteiger partial charge in [-0.25, -0.2) is 13.4 Å². The van der Waals surface area contributed by atoms with E-state index in [1.165, 1.54) is 11.3 Å². The predicted octanol–water partition coefficient (Wildman–Crippen LogP) is 2.00.